The summed E-state index contributed by atoms with van der Waals surface area (Å²) in [7, 11) is -1.10. The third-order valence-corrected chi connectivity index (χ3v) is 4.93. The Labute approximate surface area is 127 Å². The zero-order valence-corrected chi connectivity index (χ0v) is 14.8. The molecule has 0 fully saturated rings. The van der Waals surface area contributed by atoms with Crippen molar-refractivity contribution in [2.75, 3.05) is 0 Å². The summed E-state index contributed by atoms with van der Waals surface area (Å²) >= 11 is 0. The third-order valence-electron chi connectivity index (χ3n) is 3.27. The number of Topliss-reactive ketones (excluding diaryl/α,β-unsaturated/α-hetero) is 1. The average Bonchev–Trinajstić information content (AvgIpc) is 2.31. The Morgan fingerprint density at radius 2 is 1.65 bits per heavy atom. The molecule has 2 atom stereocenters. The van der Waals surface area contributed by atoms with Crippen LogP contribution in [0.1, 0.15) is 86.0 Å². The Morgan fingerprint density at radius 3 is 2.15 bits per heavy atom. The fraction of sp³-hybridized carbons (Fsp3) is 0.938. The van der Waals surface area contributed by atoms with E-state index >= 15 is 0 Å². The molecule has 0 saturated carbocycles. The maximum Gasteiger partial charge on any atom is 0.131 e. The Kier molecular flexibility index (Phi) is 10.4. The molecular formula is C16H33NO2S. The van der Waals surface area contributed by atoms with Crippen LogP contribution >= 0.6 is 0 Å². The molecule has 0 rings (SSSR count). The second-order valence-corrected chi connectivity index (χ2v) is 8.66. The molecule has 3 nitrogen and oxygen atoms in total. The summed E-state index contributed by atoms with van der Waals surface area (Å²) in [5.74, 6) is 0.166. The van der Waals surface area contributed by atoms with Gasteiger partial charge in [-0.3, -0.25) is 4.79 Å². The quantitative estimate of drug-likeness (QED) is 0.583. The molecule has 0 spiro atoms. The van der Waals surface area contributed by atoms with E-state index in [4.69, 9.17) is 0 Å². The predicted octanol–water partition coefficient (Wildman–Crippen LogP) is 4.14. The van der Waals surface area contributed by atoms with E-state index in [0.29, 0.717) is 6.42 Å². The molecule has 0 aromatic carbocycles. The number of carbonyl (C=O) groups excluding carboxylic acids is 1. The van der Waals surface area contributed by atoms with Crippen LogP contribution in [0.15, 0.2) is 0 Å². The molecule has 1 N–H and O–H groups in total. The molecule has 0 aromatic heterocycles. The number of ketones is 1. The number of unbranched alkanes of at least 4 members (excludes halogenated alkanes) is 5. The van der Waals surface area contributed by atoms with Crippen LogP contribution in [0.4, 0.5) is 0 Å². The Bertz CT molecular complexity index is 297. The van der Waals surface area contributed by atoms with Crippen LogP contribution in [-0.2, 0) is 15.8 Å². The van der Waals surface area contributed by atoms with E-state index in [1.807, 2.05) is 20.8 Å². The van der Waals surface area contributed by atoms with Gasteiger partial charge in [0.15, 0.2) is 0 Å². The fourth-order valence-corrected chi connectivity index (χ4v) is 2.91. The zero-order chi connectivity index (χ0) is 15.6. The maximum atomic E-state index is 12.1. The van der Waals surface area contributed by atoms with Gasteiger partial charge in [0.05, 0.1) is 15.7 Å². The number of nitrogens with one attached hydrogen (secondary N) is 1. The third kappa shape index (κ3) is 10.6. The number of hydrogen-bond donors (Lipinski definition) is 1. The van der Waals surface area contributed by atoms with Crippen molar-refractivity contribution >= 4 is 16.8 Å². The van der Waals surface area contributed by atoms with E-state index < -0.39 is 11.0 Å². The lowest BCUT2D eigenvalue weighted by molar-refractivity contribution is -0.117. The first-order chi connectivity index (χ1) is 9.27. The molecule has 0 heterocycles. The van der Waals surface area contributed by atoms with Gasteiger partial charge in [0.25, 0.3) is 0 Å². The van der Waals surface area contributed by atoms with E-state index in [-0.39, 0.29) is 16.6 Å². The molecular weight excluding hydrogens is 270 g/mol. The first-order valence-electron chi connectivity index (χ1n) is 7.94. The SMILES string of the molecule is CCCCCCCC[C@H](CC(C)=O)NS(=O)C(C)(C)C. The van der Waals surface area contributed by atoms with Gasteiger partial charge in [0.1, 0.15) is 5.78 Å². The van der Waals surface area contributed by atoms with Gasteiger partial charge in [-0.25, -0.2) is 8.93 Å². The monoisotopic (exact) mass is 303 g/mol. The van der Waals surface area contributed by atoms with Gasteiger partial charge in [-0.15, -0.1) is 0 Å². The van der Waals surface area contributed by atoms with E-state index in [0.717, 1.165) is 12.8 Å². The highest BCUT2D eigenvalue weighted by Gasteiger charge is 2.23. The van der Waals surface area contributed by atoms with E-state index in [9.17, 15) is 9.00 Å². The molecule has 0 bridgehead atoms. The first-order valence-corrected chi connectivity index (χ1v) is 9.09. The highest BCUT2D eigenvalue weighted by atomic mass is 32.2. The summed E-state index contributed by atoms with van der Waals surface area (Å²) < 4.78 is 15.0. The van der Waals surface area contributed by atoms with Gasteiger partial charge in [0.2, 0.25) is 0 Å². The van der Waals surface area contributed by atoms with Crippen molar-refractivity contribution in [3.05, 3.63) is 0 Å². The van der Waals surface area contributed by atoms with Gasteiger partial charge >= 0.3 is 0 Å². The number of rotatable bonds is 11. The topological polar surface area (TPSA) is 46.2 Å². The number of carbonyl (C=O) groups is 1. The van der Waals surface area contributed by atoms with E-state index in [1.165, 1.54) is 32.1 Å². The molecule has 0 aliphatic heterocycles. The standard InChI is InChI=1S/C16H33NO2S/c1-6-7-8-9-10-11-12-15(13-14(2)18)17-20(19)16(3,4)5/h15,17H,6-13H2,1-5H3/t15-,20?/m1/s1. The molecule has 0 radical (unpaired) electrons. The van der Waals surface area contributed by atoms with Gasteiger partial charge in [-0.05, 0) is 34.1 Å². The van der Waals surface area contributed by atoms with Crippen LogP contribution in [0.2, 0.25) is 0 Å². The lowest BCUT2D eigenvalue weighted by Crippen LogP contribution is -2.40. The summed E-state index contributed by atoms with van der Waals surface area (Å²) in [5, 5.41) is 0. The van der Waals surface area contributed by atoms with Gasteiger partial charge < -0.3 is 0 Å². The molecule has 0 aliphatic rings. The van der Waals surface area contributed by atoms with Crippen LogP contribution in [-0.4, -0.2) is 20.8 Å². The summed E-state index contributed by atoms with van der Waals surface area (Å²) in [6, 6.07) is 0.0544. The fourth-order valence-electron chi connectivity index (χ4n) is 2.05. The Morgan fingerprint density at radius 1 is 1.10 bits per heavy atom. The van der Waals surface area contributed by atoms with Gasteiger partial charge in [-0.2, -0.15) is 0 Å². The van der Waals surface area contributed by atoms with Gasteiger partial charge in [-0.1, -0.05) is 45.4 Å². The summed E-state index contributed by atoms with van der Waals surface area (Å²) in [4.78, 5) is 11.3. The summed E-state index contributed by atoms with van der Waals surface area (Å²) in [6.45, 7) is 9.67. The van der Waals surface area contributed by atoms with Crippen molar-refractivity contribution in [3.8, 4) is 0 Å². The summed E-state index contributed by atoms with van der Waals surface area (Å²) in [5.41, 5.74) is 0. The minimum Gasteiger partial charge on any atom is -0.300 e. The van der Waals surface area contributed by atoms with Crippen LogP contribution in [0.25, 0.3) is 0 Å². The number of hydrogen-bond acceptors (Lipinski definition) is 2. The van der Waals surface area contributed by atoms with Crippen molar-refractivity contribution in [1.29, 1.82) is 0 Å². The van der Waals surface area contributed by atoms with Crippen molar-refractivity contribution < 1.29 is 9.00 Å². The van der Waals surface area contributed by atoms with Crippen LogP contribution in [0.5, 0.6) is 0 Å². The lowest BCUT2D eigenvalue weighted by Gasteiger charge is -2.23. The molecule has 4 heteroatoms. The van der Waals surface area contributed by atoms with Crippen LogP contribution in [0, 0.1) is 0 Å². The predicted molar refractivity (Wildman–Crippen MR) is 88.1 cm³/mol. The highest BCUT2D eigenvalue weighted by molar-refractivity contribution is 7.84. The Balaban J connectivity index is 4.09. The molecule has 0 amide bonds. The van der Waals surface area contributed by atoms with E-state index in [2.05, 4.69) is 11.6 Å². The van der Waals surface area contributed by atoms with Crippen LogP contribution < -0.4 is 4.72 Å². The Hall–Kier alpha value is -0.220. The molecule has 0 aliphatic carbocycles. The molecule has 1 unspecified atom stereocenters. The minimum atomic E-state index is -1.10. The van der Waals surface area contributed by atoms with Crippen molar-refractivity contribution in [2.45, 2.75) is 96.8 Å². The normalized spacial score (nSPS) is 15.1. The van der Waals surface area contributed by atoms with E-state index in [1.54, 1.807) is 6.92 Å². The highest BCUT2D eigenvalue weighted by Crippen LogP contribution is 2.14. The summed E-state index contributed by atoms with van der Waals surface area (Å²) in [6.07, 6.45) is 8.87. The molecule has 20 heavy (non-hydrogen) atoms. The van der Waals surface area contributed by atoms with Crippen LogP contribution in [0.3, 0.4) is 0 Å². The zero-order valence-electron chi connectivity index (χ0n) is 14.0. The first kappa shape index (κ1) is 19.8. The molecule has 0 aromatic rings. The van der Waals surface area contributed by atoms with Crippen molar-refractivity contribution in [1.82, 2.24) is 4.72 Å². The van der Waals surface area contributed by atoms with Crippen molar-refractivity contribution in [2.24, 2.45) is 0 Å². The smallest absolute Gasteiger partial charge is 0.131 e. The maximum absolute atomic E-state index is 12.1. The molecule has 120 valence electrons. The van der Waals surface area contributed by atoms with Gasteiger partial charge in [0, 0.05) is 12.5 Å². The minimum absolute atomic E-state index is 0.0544. The van der Waals surface area contributed by atoms with Crippen molar-refractivity contribution in [3.63, 3.8) is 0 Å². The second-order valence-electron chi connectivity index (χ2n) is 6.66. The largest absolute Gasteiger partial charge is 0.300 e. The molecule has 0 saturated heterocycles. The second kappa shape index (κ2) is 10.5. The lowest BCUT2D eigenvalue weighted by atomic mass is 10.0. The average molecular weight is 304 g/mol.